The molecule has 15 heavy (non-hydrogen) atoms. The Bertz CT molecular complexity index is 317. The molecule has 1 N–H and O–H groups in total. The van der Waals surface area contributed by atoms with Crippen LogP contribution >= 0.6 is 11.6 Å². The molecule has 0 saturated heterocycles. The summed E-state index contributed by atoms with van der Waals surface area (Å²) in [7, 11) is 0. The van der Waals surface area contributed by atoms with Gasteiger partial charge in [0, 0.05) is 11.6 Å². The molecule has 4 heteroatoms. The molecule has 0 aliphatic rings. The quantitative estimate of drug-likeness (QED) is 0.621. The van der Waals surface area contributed by atoms with Gasteiger partial charge in [-0.2, -0.15) is 5.48 Å². The van der Waals surface area contributed by atoms with Gasteiger partial charge in [0.1, 0.15) is 5.82 Å². The third-order valence-corrected chi connectivity index (χ3v) is 2.15. The van der Waals surface area contributed by atoms with Crippen molar-refractivity contribution in [3.63, 3.8) is 0 Å². The van der Waals surface area contributed by atoms with Crippen molar-refractivity contribution in [3.8, 4) is 0 Å². The number of rotatable bonds is 5. The number of benzene rings is 1. The van der Waals surface area contributed by atoms with E-state index in [1.165, 1.54) is 12.1 Å². The van der Waals surface area contributed by atoms with E-state index in [0.717, 1.165) is 5.56 Å². The molecular weight excluding hydrogens is 217 g/mol. The topological polar surface area (TPSA) is 21.3 Å². The van der Waals surface area contributed by atoms with Gasteiger partial charge in [0.05, 0.1) is 6.61 Å². The molecule has 0 heterocycles. The highest BCUT2D eigenvalue weighted by Gasteiger charge is 2.01. The fourth-order valence-corrected chi connectivity index (χ4v) is 1.25. The normalized spacial score (nSPS) is 11.0. The second-order valence-corrected chi connectivity index (χ2v) is 4.17. The Balaban J connectivity index is 2.37. The number of halogens is 2. The number of hydrogen-bond acceptors (Lipinski definition) is 2. The highest BCUT2D eigenvalue weighted by Crippen LogP contribution is 2.16. The minimum atomic E-state index is -0.327. The summed E-state index contributed by atoms with van der Waals surface area (Å²) in [6.45, 7) is 5.24. The summed E-state index contributed by atoms with van der Waals surface area (Å²) < 4.78 is 12.7. The molecule has 0 aliphatic heterocycles. The summed E-state index contributed by atoms with van der Waals surface area (Å²) in [4.78, 5) is 5.18. The van der Waals surface area contributed by atoms with Crippen molar-refractivity contribution < 1.29 is 9.23 Å². The third kappa shape index (κ3) is 4.60. The standard InChI is InChI=1S/C11H15ClFNO/c1-8(2)7-15-14-6-9-3-4-10(13)5-11(9)12/h3-5,8,14H,6-7H2,1-2H3. The van der Waals surface area contributed by atoms with E-state index in [2.05, 4.69) is 19.3 Å². The maximum Gasteiger partial charge on any atom is 0.124 e. The van der Waals surface area contributed by atoms with E-state index < -0.39 is 0 Å². The lowest BCUT2D eigenvalue weighted by Gasteiger charge is -2.08. The molecule has 0 amide bonds. The average molecular weight is 232 g/mol. The maximum atomic E-state index is 12.7. The van der Waals surface area contributed by atoms with Crippen LogP contribution in [0.3, 0.4) is 0 Å². The minimum Gasteiger partial charge on any atom is -0.301 e. The van der Waals surface area contributed by atoms with Crippen LogP contribution in [0.2, 0.25) is 5.02 Å². The first-order valence-corrected chi connectivity index (χ1v) is 5.26. The van der Waals surface area contributed by atoms with Crippen molar-refractivity contribution in [2.45, 2.75) is 20.4 Å². The Kier molecular flexibility index (Phi) is 5.02. The Hall–Kier alpha value is -0.640. The van der Waals surface area contributed by atoms with Gasteiger partial charge < -0.3 is 4.84 Å². The lowest BCUT2D eigenvalue weighted by atomic mass is 10.2. The highest BCUT2D eigenvalue weighted by molar-refractivity contribution is 6.31. The van der Waals surface area contributed by atoms with E-state index in [-0.39, 0.29) is 5.82 Å². The van der Waals surface area contributed by atoms with Crippen LogP contribution in [0.25, 0.3) is 0 Å². The number of hydrogen-bond donors (Lipinski definition) is 1. The van der Waals surface area contributed by atoms with Gasteiger partial charge in [-0.15, -0.1) is 0 Å². The summed E-state index contributed by atoms with van der Waals surface area (Å²) in [5.74, 6) is 0.146. The van der Waals surface area contributed by atoms with Crippen LogP contribution in [0.5, 0.6) is 0 Å². The molecular formula is C11H15ClFNO. The van der Waals surface area contributed by atoms with E-state index in [9.17, 15) is 4.39 Å². The zero-order valence-electron chi connectivity index (χ0n) is 8.89. The number of hydroxylamine groups is 1. The van der Waals surface area contributed by atoms with Crippen LogP contribution < -0.4 is 5.48 Å². The molecule has 0 saturated carbocycles. The van der Waals surface area contributed by atoms with Gasteiger partial charge in [0.2, 0.25) is 0 Å². The fourth-order valence-electron chi connectivity index (χ4n) is 1.02. The van der Waals surface area contributed by atoms with Crippen molar-refractivity contribution in [3.05, 3.63) is 34.6 Å². The second-order valence-electron chi connectivity index (χ2n) is 3.76. The van der Waals surface area contributed by atoms with Crippen LogP contribution in [0.1, 0.15) is 19.4 Å². The van der Waals surface area contributed by atoms with E-state index in [0.29, 0.717) is 24.1 Å². The molecule has 0 atom stereocenters. The second kappa shape index (κ2) is 6.05. The molecule has 0 radical (unpaired) electrons. The van der Waals surface area contributed by atoms with Gasteiger partial charge in [-0.1, -0.05) is 31.5 Å². The molecule has 0 aromatic heterocycles. The van der Waals surface area contributed by atoms with Gasteiger partial charge in [-0.25, -0.2) is 4.39 Å². The molecule has 0 fully saturated rings. The van der Waals surface area contributed by atoms with Crippen molar-refractivity contribution in [2.75, 3.05) is 6.61 Å². The van der Waals surface area contributed by atoms with Gasteiger partial charge in [-0.3, -0.25) is 0 Å². The molecule has 1 aromatic rings. The zero-order chi connectivity index (χ0) is 11.3. The van der Waals surface area contributed by atoms with E-state index in [1.54, 1.807) is 6.07 Å². The largest absolute Gasteiger partial charge is 0.301 e. The molecule has 0 aliphatic carbocycles. The third-order valence-electron chi connectivity index (χ3n) is 1.80. The monoisotopic (exact) mass is 231 g/mol. The Morgan fingerprint density at radius 1 is 1.47 bits per heavy atom. The summed E-state index contributed by atoms with van der Waals surface area (Å²) in [6.07, 6.45) is 0. The van der Waals surface area contributed by atoms with Crippen LogP contribution in [0.15, 0.2) is 18.2 Å². The van der Waals surface area contributed by atoms with Gasteiger partial charge >= 0.3 is 0 Å². The Labute approximate surface area is 94.3 Å². The first-order valence-electron chi connectivity index (χ1n) is 4.88. The molecule has 1 aromatic carbocycles. The predicted molar refractivity (Wildman–Crippen MR) is 59.0 cm³/mol. The van der Waals surface area contributed by atoms with E-state index in [4.69, 9.17) is 16.4 Å². The highest BCUT2D eigenvalue weighted by atomic mass is 35.5. The predicted octanol–water partition coefficient (Wildman–Crippen LogP) is 3.16. The molecule has 2 nitrogen and oxygen atoms in total. The average Bonchev–Trinajstić information content (AvgIpc) is 2.14. The van der Waals surface area contributed by atoms with Gasteiger partial charge in [-0.05, 0) is 23.6 Å². The van der Waals surface area contributed by atoms with E-state index in [1.807, 2.05) is 0 Å². The maximum absolute atomic E-state index is 12.7. The van der Waals surface area contributed by atoms with Crippen molar-refractivity contribution >= 4 is 11.6 Å². The SMILES string of the molecule is CC(C)CONCc1ccc(F)cc1Cl. The smallest absolute Gasteiger partial charge is 0.124 e. The van der Waals surface area contributed by atoms with Crippen molar-refractivity contribution in [1.82, 2.24) is 5.48 Å². The van der Waals surface area contributed by atoms with Gasteiger partial charge in [0.15, 0.2) is 0 Å². The summed E-state index contributed by atoms with van der Waals surface area (Å²) in [5.41, 5.74) is 3.61. The molecule has 84 valence electrons. The Morgan fingerprint density at radius 3 is 2.80 bits per heavy atom. The summed E-state index contributed by atoms with van der Waals surface area (Å²) in [5, 5.41) is 0.413. The molecule has 0 unspecified atom stereocenters. The first kappa shape index (κ1) is 12.4. The summed E-state index contributed by atoms with van der Waals surface area (Å²) >= 11 is 5.84. The zero-order valence-corrected chi connectivity index (χ0v) is 9.64. The molecule has 1 rings (SSSR count). The fraction of sp³-hybridized carbons (Fsp3) is 0.455. The molecule has 0 spiro atoms. The van der Waals surface area contributed by atoms with Crippen LogP contribution in [-0.4, -0.2) is 6.61 Å². The lowest BCUT2D eigenvalue weighted by Crippen LogP contribution is -2.17. The van der Waals surface area contributed by atoms with Gasteiger partial charge in [0.25, 0.3) is 0 Å². The minimum absolute atomic E-state index is 0.327. The number of nitrogens with one attached hydrogen (secondary N) is 1. The van der Waals surface area contributed by atoms with Crippen LogP contribution in [0.4, 0.5) is 4.39 Å². The Morgan fingerprint density at radius 2 is 2.20 bits per heavy atom. The van der Waals surface area contributed by atoms with E-state index >= 15 is 0 Å². The molecule has 0 bridgehead atoms. The van der Waals surface area contributed by atoms with Crippen molar-refractivity contribution in [2.24, 2.45) is 5.92 Å². The lowest BCUT2D eigenvalue weighted by molar-refractivity contribution is 0.0196. The summed E-state index contributed by atoms with van der Waals surface area (Å²) in [6, 6.07) is 4.32. The van der Waals surface area contributed by atoms with Crippen molar-refractivity contribution in [1.29, 1.82) is 0 Å². The van der Waals surface area contributed by atoms with Crippen LogP contribution in [-0.2, 0) is 11.4 Å². The first-order chi connectivity index (χ1) is 7.09. The van der Waals surface area contributed by atoms with Crippen LogP contribution in [0, 0.1) is 11.7 Å².